The molecule has 0 saturated heterocycles. The van der Waals surface area contributed by atoms with E-state index in [9.17, 15) is 0 Å². The first kappa shape index (κ1) is 19.1. The highest BCUT2D eigenvalue weighted by Gasteiger charge is 2.09. The Morgan fingerprint density at radius 1 is 1.16 bits per heavy atom. The van der Waals surface area contributed by atoms with Crippen LogP contribution in [0.25, 0.3) is 0 Å². The molecule has 0 bridgehead atoms. The fourth-order valence-corrected chi connectivity index (χ4v) is 3.29. The summed E-state index contributed by atoms with van der Waals surface area (Å²) < 4.78 is 11.8. The van der Waals surface area contributed by atoms with E-state index in [4.69, 9.17) is 14.3 Å². The number of oxime groups is 1. The van der Waals surface area contributed by atoms with Gasteiger partial charge in [-0.3, -0.25) is 0 Å². The SMILES string of the molecule is C/C=C/COc1cc(C)c(OCc2ccc(/C(C)=N/OC)s2)c(C)c1. The van der Waals surface area contributed by atoms with E-state index in [2.05, 4.69) is 11.2 Å². The lowest BCUT2D eigenvalue weighted by Gasteiger charge is -2.14. The molecule has 4 nitrogen and oxygen atoms in total. The van der Waals surface area contributed by atoms with Gasteiger partial charge < -0.3 is 14.3 Å². The van der Waals surface area contributed by atoms with Gasteiger partial charge in [0.15, 0.2) is 0 Å². The van der Waals surface area contributed by atoms with Crippen LogP contribution in [0.2, 0.25) is 0 Å². The maximum absolute atomic E-state index is 6.06. The van der Waals surface area contributed by atoms with Gasteiger partial charge in [0.1, 0.15) is 31.8 Å². The first-order valence-corrected chi connectivity index (χ1v) is 9.01. The fourth-order valence-electron chi connectivity index (χ4n) is 2.44. The lowest BCUT2D eigenvalue weighted by atomic mass is 10.1. The van der Waals surface area contributed by atoms with Crippen molar-refractivity contribution in [2.24, 2.45) is 5.16 Å². The van der Waals surface area contributed by atoms with Gasteiger partial charge in [0, 0.05) is 4.88 Å². The van der Waals surface area contributed by atoms with Crippen LogP contribution in [-0.4, -0.2) is 19.4 Å². The van der Waals surface area contributed by atoms with Crippen LogP contribution in [0.4, 0.5) is 0 Å². The van der Waals surface area contributed by atoms with Crippen molar-refractivity contribution in [1.82, 2.24) is 0 Å². The summed E-state index contributed by atoms with van der Waals surface area (Å²) in [6, 6.07) is 8.13. The third kappa shape index (κ3) is 5.36. The Balaban J connectivity index is 2.04. The normalized spacial score (nSPS) is 11.8. The molecule has 134 valence electrons. The Labute approximate surface area is 153 Å². The van der Waals surface area contributed by atoms with Crippen molar-refractivity contribution in [3.8, 4) is 11.5 Å². The lowest BCUT2D eigenvalue weighted by molar-refractivity contribution is 0.213. The quantitative estimate of drug-likeness (QED) is 0.366. The van der Waals surface area contributed by atoms with Gasteiger partial charge in [-0.05, 0) is 63.1 Å². The lowest BCUT2D eigenvalue weighted by Crippen LogP contribution is -2.00. The van der Waals surface area contributed by atoms with Crippen molar-refractivity contribution in [3.63, 3.8) is 0 Å². The third-order valence-electron chi connectivity index (χ3n) is 3.62. The van der Waals surface area contributed by atoms with Gasteiger partial charge in [-0.25, -0.2) is 0 Å². The maximum atomic E-state index is 6.06. The topological polar surface area (TPSA) is 40.0 Å². The second-order valence-corrected chi connectivity index (χ2v) is 6.85. The molecule has 5 heteroatoms. The molecule has 0 spiro atoms. The first-order chi connectivity index (χ1) is 12.0. The summed E-state index contributed by atoms with van der Waals surface area (Å²) >= 11 is 1.66. The van der Waals surface area contributed by atoms with Gasteiger partial charge in [0.2, 0.25) is 0 Å². The standard InChI is InChI=1S/C20H25NO3S/c1-6-7-10-23-17-11-14(2)20(15(3)12-17)24-13-18-8-9-19(25-18)16(4)21-22-5/h6-9,11-12H,10,13H2,1-5H3/b7-6+,21-16+. The minimum atomic E-state index is 0.533. The van der Waals surface area contributed by atoms with Crippen LogP contribution >= 0.6 is 11.3 Å². The van der Waals surface area contributed by atoms with Gasteiger partial charge in [-0.2, -0.15) is 0 Å². The molecule has 0 fully saturated rings. The first-order valence-electron chi connectivity index (χ1n) is 8.20. The second kappa shape index (κ2) is 9.28. The van der Waals surface area contributed by atoms with E-state index < -0.39 is 0 Å². The average molecular weight is 359 g/mol. The molecule has 0 atom stereocenters. The summed E-state index contributed by atoms with van der Waals surface area (Å²) in [6.45, 7) is 9.11. The number of hydrogen-bond acceptors (Lipinski definition) is 5. The number of aryl methyl sites for hydroxylation is 2. The number of thiophene rings is 1. The molecule has 0 aliphatic carbocycles. The monoisotopic (exact) mass is 359 g/mol. The summed E-state index contributed by atoms with van der Waals surface area (Å²) in [5.41, 5.74) is 3.02. The Morgan fingerprint density at radius 2 is 1.88 bits per heavy atom. The van der Waals surface area contributed by atoms with Crippen molar-refractivity contribution >= 4 is 17.0 Å². The largest absolute Gasteiger partial charge is 0.490 e. The van der Waals surface area contributed by atoms with Crippen LogP contribution in [0.15, 0.2) is 41.6 Å². The van der Waals surface area contributed by atoms with E-state index in [1.54, 1.807) is 18.4 Å². The highest BCUT2D eigenvalue weighted by atomic mass is 32.1. The molecule has 2 rings (SSSR count). The summed E-state index contributed by atoms with van der Waals surface area (Å²) in [6.07, 6.45) is 3.96. The Hall–Kier alpha value is -2.27. The molecular weight excluding hydrogens is 334 g/mol. The minimum absolute atomic E-state index is 0.533. The van der Waals surface area contributed by atoms with Crippen LogP contribution < -0.4 is 9.47 Å². The Kier molecular flexibility index (Phi) is 7.07. The second-order valence-electron chi connectivity index (χ2n) is 5.68. The van der Waals surface area contributed by atoms with E-state index >= 15 is 0 Å². The summed E-state index contributed by atoms with van der Waals surface area (Å²) in [5, 5.41) is 3.96. The molecule has 25 heavy (non-hydrogen) atoms. The van der Waals surface area contributed by atoms with Crippen LogP contribution in [0.5, 0.6) is 11.5 Å². The maximum Gasteiger partial charge on any atom is 0.125 e. The van der Waals surface area contributed by atoms with Gasteiger partial charge in [-0.15, -0.1) is 11.3 Å². The van der Waals surface area contributed by atoms with Gasteiger partial charge in [0.05, 0.1) is 10.6 Å². The van der Waals surface area contributed by atoms with Crippen molar-refractivity contribution < 1.29 is 14.3 Å². The number of benzene rings is 1. The molecule has 2 aromatic rings. The number of rotatable bonds is 8. The van der Waals surface area contributed by atoms with E-state index in [-0.39, 0.29) is 0 Å². The van der Waals surface area contributed by atoms with Crippen LogP contribution in [0, 0.1) is 13.8 Å². The van der Waals surface area contributed by atoms with Gasteiger partial charge in [-0.1, -0.05) is 17.3 Å². The molecule has 0 aliphatic rings. The molecule has 0 amide bonds. The van der Waals surface area contributed by atoms with Crippen LogP contribution in [-0.2, 0) is 11.4 Å². The number of ether oxygens (including phenoxy) is 2. The van der Waals surface area contributed by atoms with Gasteiger partial charge >= 0.3 is 0 Å². The van der Waals surface area contributed by atoms with Crippen molar-refractivity contribution in [2.75, 3.05) is 13.7 Å². The predicted octanol–water partition coefficient (Wildman–Crippen LogP) is 5.27. The number of allylic oxidation sites excluding steroid dienone is 1. The fraction of sp³-hybridized carbons (Fsp3) is 0.350. The van der Waals surface area contributed by atoms with Gasteiger partial charge in [0.25, 0.3) is 0 Å². The highest BCUT2D eigenvalue weighted by Crippen LogP contribution is 2.30. The smallest absolute Gasteiger partial charge is 0.125 e. The molecule has 0 aliphatic heterocycles. The van der Waals surface area contributed by atoms with E-state index in [0.29, 0.717) is 13.2 Å². The molecule has 1 aromatic carbocycles. The van der Waals surface area contributed by atoms with Crippen LogP contribution in [0.1, 0.15) is 34.7 Å². The molecule has 1 heterocycles. The molecule has 1 aromatic heterocycles. The minimum Gasteiger partial charge on any atom is -0.490 e. The summed E-state index contributed by atoms with van der Waals surface area (Å²) in [4.78, 5) is 7.05. The van der Waals surface area contributed by atoms with E-state index in [1.807, 2.05) is 58.0 Å². The molecule has 0 N–H and O–H groups in total. The molecular formula is C20H25NO3S. The van der Waals surface area contributed by atoms with E-state index in [1.165, 1.54) is 0 Å². The summed E-state index contributed by atoms with van der Waals surface area (Å²) in [7, 11) is 1.55. The third-order valence-corrected chi connectivity index (χ3v) is 4.79. The highest BCUT2D eigenvalue weighted by molar-refractivity contribution is 7.14. The Bertz CT molecular complexity index is 739. The zero-order valence-corrected chi connectivity index (χ0v) is 16.3. The van der Waals surface area contributed by atoms with E-state index in [0.717, 1.165) is 38.1 Å². The molecule has 0 saturated carbocycles. The zero-order valence-electron chi connectivity index (χ0n) is 15.5. The number of nitrogens with zero attached hydrogens (tertiary/aromatic N) is 1. The number of hydrogen-bond donors (Lipinski definition) is 0. The molecule has 0 radical (unpaired) electrons. The van der Waals surface area contributed by atoms with Crippen molar-refractivity contribution in [3.05, 3.63) is 57.3 Å². The van der Waals surface area contributed by atoms with Crippen molar-refractivity contribution in [1.29, 1.82) is 0 Å². The Morgan fingerprint density at radius 3 is 2.52 bits per heavy atom. The summed E-state index contributed by atoms with van der Waals surface area (Å²) in [5.74, 6) is 1.78. The van der Waals surface area contributed by atoms with Crippen molar-refractivity contribution in [2.45, 2.75) is 34.3 Å². The predicted molar refractivity (Wildman–Crippen MR) is 104 cm³/mol. The van der Waals surface area contributed by atoms with Crippen LogP contribution in [0.3, 0.4) is 0 Å². The average Bonchev–Trinajstić information content (AvgIpc) is 3.04. The zero-order chi connectivity index (χ0) is 18.2. The molecule has 0 unspecified atom stereocenters.